The number of rotatable bonds is 5. The summed E-state index contributed by atoms with van der Waals surface area (Å²) in [5.74, 6) is 5.25. The molecule has 0 saturated carbocycles. The van der Waals surface area contributed by atoms with Gasteiger partial charge in [-0.1, -0.05) is 51.1 Å². The van der Waals surface area contributed by atoms with Crippen LogP contribution in [0.4, 0.5) is 4.79 Å². The van der Waals surface area contributed by atoms with Crippen molar-refractivity contribution in [3.05, 3.63) is 0 Å². The number of esters is 1. The number of hydrogen-bond acceptors (Lipinski definition) is 5. The highest BCUT2D eigenvalue weighted by Crippen LogP contribution is 2.16. The molecule has 0 unspecified atom stereocenters. The lowest BCUT2D eigenvalue weighted by Gasteiger charge is -2.24. The molecule has 2 N–H and O–H groups in total. The second-order valence-corrected chi connectivity index (χ2v) is 19.6. The Kier molecular flexibility index (Phi) is 9.71. The predicted octanol–water partition coefficient (Wildman–Crippen LogP) is 3.33. The van der Waals surface area contributed by atoms with E-state index < -0.39 is 45.5 Å². The standard InChI is InChI=1S/C21H37NO5Si2/c1-20(2,3)27-19(24)22-17(18(23)26-4)11-12-21(25,13-15-28(5,6)7)14-16-29(8,9)10/h17,25H,11-12H2,1-10H3,(H,22,24)/t17-/m0/s1. The third-order valence-electron chi connectivity index (χ3n) is 3.26. The molecule has 0 aliphatic rings. The van der Waals surface area contributed by atoms with Crippen LogP contribution in [0.1, 0.15) is 33.6 Å². The molecule has 0 aromatic carbocycles. The molecule has 0 spiro atoms. The van der Waals surface area contributed by atoms with Crippen molar-refractivity contribution in [2.45, 2.75) is 90.1 Å². The third kappa shape index (κ3) is 14.0. The molecule has 0 saturated heterocycles. The van der Waals surface area contributed by atoms with Crippen molar-refractivity contribution in [3.63, 3.8) is 0 Å². The van der Waals surface area contributed by atoms with Crippen LogP contribution < -0.4 is 5.32 Å². The number of alkyl carbamates (subject to hydrolysis) is 1. The lowest BCUT2D eigenvalue weighted by molar-refractivity contribution is -0.143. The molecule has 0 aliphatic heterocycles. The van der Waals surface area contributed by atoms with Crippen molar-refractivity contribution in [1.29, 1.82) is 0 Å². The van der Waals surface area contributed by atoms with Gasteiger partial charge in [0.1, 0.15) is 27.8 Å². The van der Waals surface area contributed by atoms with Crippen LogP contribution in [-0.2, 0) is 14.3 Å². The van der Waals surface area contributed by atoms with Crippen molar-refractivity contribution in [1.82, 2.24) is 5.32 Å². The molecule has 0 rings (SSSR count). The van der Waals surface area contributed by atoms with E-state index in [1.807, 2.05) is 0 Å². The smallest absolute Gasteiger partial charge is 0.408 e. The Labute approximate surface area is 178 Å². The zero-order valence-corrected chi connectivity index (χ0v) is 21.6. The predicted molar refractivity (Wildman–Crippen MR) is 122 cm³/mol. The van der Waals surface area contributed by atoms with Crippen LogP contribution in [0.2, 0.25) is 39.3 Å². The van der Waals surface area contributed by atoms with Crippen LogP contribution in [0.25, 0.3) is 0 Å². The van der Waals surface area contributed by atoms with Gasteiger partial charge in [-0.3, -0.25) is 0 Å². The van der Waals surface area contributed by atoms with Gasteiger partial charge in [-0.05, 0) is 27.2 Å². The maximum atomic E-state index is 12.1. The Balaban J connectivity index is 5.60. The maximum absolute atomic E-state index is 12.1. The largest absolute Gasteiger partial charge is 0.467 e. The minimum absolute atomic E-state index is 0.0948. The highest BCUT2D eigenvalue weighted by molar-refractivity contribution is 6.84. The maximum Gasteiger partial charge on any atom is 0.408 e. The summed E-state index contributed by atoms with van der Waals surface area (Å²) in [4.78, 5) is 24.2. The topological polar surface area (TPSA) is 84.9 Å². The van der Waals surface area contributed by atoms with Gasteiger partial charge in [0.2, 0.25) is 0 Å². The van der Waals surface area contributed by atoms with Gasteiger partial charge in [-0.2, -0.15) is 0 Å². The zero-order valence-electron chi connectivity index (χ0n) is 19.6. The average molecular weight is 440 g/mol. The SMILES string of the molecule is COC(=O)[C@H](CCC(O)(C#C[Si](C)(C)C)C#C[Si](C)(C)C)NC(=O)OC(C)(C)C. The van der Waals surface area contributed by atoms with E-state index in [2.05, 4.69) is 67.5 Å². The summed E-state index contributed by atoms with van der Waals surface area (Å²) >= 11 is 0. The summed E-state index contributed by atoms with van der Waals surface area (Å²) < 4.78 is 10.0. The van der Waals surface area contributed by atoms with E-state index >= 15 is 0 Å². The first-order chi connectivity index (χ1) is 12.9. The fourth-order valence-corrected chi connectivity index (χ4v) is 3.10. The molecule has 164 valence electrons. The summed E-state index contributed by atoms with van der Waals surface area (Å²) in [7, 11) is -2.23. The van der Waals surface area contributed by atoms with E-state index in [0.29, 0.717) is 0 Å². The molecule has 1 amide bonds. The Morgan fingerprint density at radius 3 is 1.79 bits per heavy atom. The van der Waals surface area contributed by atoms with Gasteiger partial charge in [-0.25, -0.2) is 9.59 Å². The number of ether oxygens (including phenoxy) is 2. The number of methoxy groups -OCH3 is 1. The van der Waals surface area contributed by atoms with Gasteiger partial charge in [0.15, 0.2) is 5.60 Å². The quantitative estimate of drug-likeness (QED) is 0.390. The van der Waals surface area contributed by atoms with Gasteiger partial charge >= 0.3 is 12.1 Å². The summed E-state index contributed by atoms with van der Waals surface area (Å²) in [6.07, 6.45) is -0.515. The van der Waals surface area contributed by atoms with E-state index in [9.17, 15) is 14.7 Å². The van der Waals surface area contributed by atoms with E-state index in [-0.39, 0.29) is 12.8 Å². The summed E-state index contributed by atoms with van der Waals surface area (Å²) in [6.45, 7) is 17.7. The molecule has 0 heterocycles. The van der Waals surface area contributed by atoms with Crippen LogP contribution >= 0.6 is 0 Å². The highest BCUT2D eigenvalue weighted by atomic mass is 28.3. The van der Waals surface area contributed by atoms with Crippen LogP contribution in [0, 0.1) is 22.9 Å². The lowest BCUT2D eigenvalue weighted by Crippen LogP contribution is -2.45. The van der Waals surface area contributed by atoms with Gasteiger partial charge in [0.05, 0.1) is 7.11 Å². The van der Waals surface area contributed by atoms with Crippen molar-refractivity contribution >= 4 is 28.2 Å². The molecule has 8 heteroatoms. The molecule has 0 bridgehead atoms. The van der Waals surface area contributed by atoms with Crippen LogP contribution in [0.15, 0.2) is 0 Å². The number of nitrogens with one attached hydrogen (secondary N) is 1. The fraction of sp³-hybridized carbons (Fsp3) is 0.714. The van der Waals surface area contributed by atoms with Crippen molar-refractivity contribution in [2.24, 2.45) is 0 Å². The van der Waals surface area contributed by atoms with E-state index in [4.69, 9.17) is 9.47 Å². The molecule has 0 radical (unpaired) electrons. The molecule has 6 nitrogen and oxygen atoms in total. The monoisotopic (exact) mass is 439 g/mol. The Bertz CT molecular complexity index is 674. The number of aliphatic hydroxyl groups is 1. The minimum atomic E-state index is -1.74. The molecular weight excluding hydrogens is 402 g/mol. The van der Waals surface area contributed by atoms with Crippen LogP contribution in [0.5, 0.6) is 0 Å². The van der Waals surface area contributed by atoms with Crippen molar-refractivity contribution < 1.29 is 24.2 Å². The first-order valence-corrected chi connectivity index (χ1v) is 16.7. The summed E-state index contributed by atoms with van der Waals surface area (Å²) in [5.41, 5.74) is 4.07. The zero-order chi connectivity index (χ0) is 23.1. The Hall–Kier alpha value is -1.75. The molecule has 1 atom stereocenters. The first kappa shape index (κ1) is 27.3. The lowest BCUT2D eigenvalue weighted by atomic mass is 9.96. The van der Waals surface area contributed by atoms with E-state index in [0.717, 1.165) is 0 Å². The highest BCUT2D eigenvalue weighted by Gasteiger charge is 2.30. The van der Waals surface area contributed by atoms with Crippen LogP contribution in [0.3, 0.4) is 0 Å². The molecule has 0 aromatic heterocycles. The van der Waals surface area contributed by atoms with Crippen LogP contribution in [-0.4, -0.2) is 57.7 Å². The Morgan fingerprint density at radius 2 is 1.45 bits per heavy atom. The Morgan fingerprint density at radius 1 is 1.00 bits per heavy atom. The number of carbonyl (C=O) groups excluding carboxylic acids is 2. The van der Waals surface area contributed by atoms with E-state index in [1.54, 1.807) is 20.8 Å². The molecule has 0 aromatic rings. The van der Waals surface area contributed by atoms with E-state index in [1.165, 1.54) is 7.11 Å². The normalized spacial score (nSPS) is 13.2. The molecule has 0 aliphatic carbocycles. The average Bonchev–Trinajstić information content (AvgIpc) is 2.51. The second-order valence-electron chi connectivity index (χ2n) is 10.1. The molecular formula is C21H37NO5Si2. The fourth-order valence-electron chi connectivity index (χ4n) is 1.93. The second kappa shape index (κ2) is 10.3. The third-order valence-corrected chi connectivity index (χ3v) is 5.01. The summed E-state index contributed by atoms with van der Waals surface area (Å²) in [5, 5.41) is 13.6. The number of hydrogen-bond donors (Lipinski definition) is 2. The van der Waals surface area contributed by atoms with Gasteiger partial charge in [0.25, 0.3) is 0 Å². The number of carbonyl (C=O) groups is 2. The summed E-state index contributed by atoms with van der Waals surface area (Å²) in [6, 6.07) is -0.969. The molecule has 0 fully saturated rings. The van der Waals surface area contributed by atoms with Crippen molar-refractivity contribution in [3.8, 4) is 22.9 Å². The van der Waals surface area contributed by atoms with Crippen molar-refractivity contribution in [2.75, 3.05) is 7.11 Å². The minimum Gasteiger partial charge on any atom is -0.467 e. The molecule has 29 heavy (non-hydrogen) atoms. The van der Waals surface area contributed by atoms with Gasteiger partial charge in [-0.15, -0.1) is 11.1 Å². The first-order valence-electron chi connectivity index (χ1n) is 9.74. The number of amides is 1. The van der Waals surface area contributed by atoms with Gasteiger partial charge < -0.3 is 19.9 Å². The van der Waals surface area contributed by atoms with Gasteiger partial charge in [0, 0.05) is 6.42 Å².